The molecular formula is C62H39N3O2S3. The molecule has 0 aliphatic carbocycles. The Morgan fingerprint density at radius 2 is 1.16 bits per heavy atom. The van der Waals surface area contributed by atoms with E-state index in [-0.39, 0.29) is 5.92 Å². The maximum absolute atomic E-state index is 6.43. The highest BCUT2D eigenvalue weighted by molar-refractivity contribution is 7.26. The van der Waals surface area contributed by atoms with Crippen molar-refractivity contribution in [3.8, 4) is 17.2 Å². The van der Waals surface area contributed by atoms with Gasteiger partial charge in [-0.25, -0.2) is 9.97 Å². The number of fused-ring (bicyclic) bond motifs is 9. The van der Waals surface area contributed by atoms with E-state index < -0.39 is 0 Å². The highest BCUT2D eigenvalue weighted by Crippen LogP contribution is 2.46. The van der Waals surface area contributed by atoms with Gasteiger partial charge in [0.2, 0.25) is 5.89 Å². The summed E-state index contributed by atoms with van der Waals surface area (Å²) in [7, 11) is 0. The lowest BCUT2D eigenvalue weighted by molar-refractivity contribution is 0.509. The molecule has 0 saturated carbocycles. The summed E-state index contributed by atoms with van der Waals surface area (Å²) in [5.74, 6) is 2.27. The molecule has 5 nitrogen and oxygen atoms in total. The van der Waals surface area contributed by atoms with Crippen molar-refractivity contribution in [1.82, 2.24) is 9.97 Å². The molecule has 13 aromatic rings. The van der Waals surface area contributed by atoms with Crippen LogP contribution >= 0.6 is 34.0 Å². The van der Waals surface area contributed by atoms with E-state index in [9.17, 15) is 0 Å². The van der Waals surface area contributed by atoms with Crippen molar-refractivity contribution < 1.29 is 9.15 Å². The summed E-state index contributed by atoms with van der Waals surface area (Å²) in [5, 5.41) is 6.21. The molecular weight excluding hydrogens is 915 g/mol. The Kier molecular flexibility index (Phi) is 9.65. The summed E-state index contributed by atoms with van der Waals surface area (Å²) in [6.45, 7) is 4.35. The van der Waals surface area contributed by atoms with Crippen LogP contribution in [0.4, 0.5) is 17.1 Å². The number of nitrogens with zero attached hydrogens (tertiary/aromatic N) is 3. The van der Waals surface area contributed by atoms with Gasteiger partial charge in [0.15, 0.2) is 5.58 Å². The lowest BCUT2D eigenvalue weighted by Crippen LogP contribution is -2.10. The van der Waals surface area contributed by atoms with Gasteiger partial charge in [-0.3, -0.25) is 0 Å². The highest BCUT2D eigenvalue weighted by atomic mass is 32.1. The number of allylic oxidation sites excluding steroid dienone is 2. The molecule has 5 heterocycles. The molecule has 14 rings (SSSR count). The first-order valence-corrected chi connectivity index (χ1v) is 25.7. The molecule has 0 fully saturated rings. The van der Waals surface area contributed by atoms with E-state index in [1.54, 1.807) is 11.3 Å². The second-order valence-electron chi connectivity index (χ2n) is 17.7. The summed E-state index contributed by atoms with van der Waals surface area (Å²) in [6.07, 6.45) is 2.77. The van der Waals surface area contributed by atoms with Crippen LogP contribution in [-0.4, -0.2) is 9.97 Å². The summed E-state index contributed by atoms with van der Waals surface area (Å²) in [5.41, 5.74) is 12.2. The zero-order chi connectivity index (χ0) is 46.3. The normalized spacial score (nSPS) is 13.1. The zero-order valence-electron chi connectivity index (χ0n) is 37.5. The minimum atomic E-state index is 0.0375. The Morgan fingerprint density at radius 3 is 1.96 bits per heavy atom. The Balaban J connectivity index is 0.870. The second-order valence-corrected chi connectivity index (χ2v) is 21.0. The van der Waals surface area contributed by atoms with Crippen molar-refractivity contribution in [2.24, 2.45) is 0 Å². The Morgan fingerprint density at radius 1 is 0.514 bits per heavy atom. The van der Waals surface area contributed by atoms with E-state index in [2.05, 4.69) is 169 Å². The first-order chi connectivity index (χ1) is 34.5. The molecule has 0 saturated heterocycles. The molecule has 70 heavy (non-hydrogen) atoms. The minimum absolute atomic E-state index is 0.0375. The molecule has 0 spiro atoms. The number of aromatic nitrogens is 2. The lowest BCUT2D eigenvalue weighted by Gasteiger charge is -2.26. The molecule has 1 atom stereocenters. The van der Waals surface area contributed by atoms with Crippen molar-refractivity contribution in [1.29, 1.82) is 0 Å². The van der Waals surface area contributed by atoms with E-state index in [4.69, 9.17) is 19.1 Å². The third-order valence-electron chi connectivity index (χ3n) is 13.5. The van der Waals surface area contributed by atoms with Crippen molar-refractivity contribution in [2.75, 3.05) is 4.90 Å². The van der Waals surface area contributed by atoms with Gasteiger partial charge < -0.3 is 14.1 Å². The number of thiophene rings is 2. The predicted molar refractivity (Wildman–Crippen MR) is 296 cm³/mol. The van der Waals surface area contributed by atoms with Gasteiger partial charge in [0.25, 0.3) is 0 Å². The topological polar surface area (TPSA) is 51.4 Å². The number of anilines is 3. The molecule has 9 aromatic carbocycles. The predicted octanol–water partition coefficient (Wildman–Crippen LogP) is 18.1. The van der Waals surface area contributed by atoms with E-state index in [0.29, 0.717) is 5.89 Å². The van der Waals surface area contributed by atoms with Crippen LogP contribution in [-0.2, 0) is 6.42 Å². The lowest BCUT2D eigenvalue weighted by atomic mass is 9.87. The summed E-state index contributed by atoms with van der Waals surface area (Å²) >= 11 is 5.48. The van der Waals surface area contributed by atoms with E-state index in [0.717, 1.165) is 83.6 Å². The number of ether oxygens (including phenoxy) is 1. The van der Waals surface area contributed by atoms with E-state index in [1.807, 2.05) is 71.2 Å². The number of hydrogen-bond donors (Lipinski definition) is 0. The fourth-order valence-electron chi connectivity index (χ4n) is 10.1. The minimum Gasteiger partial charge on any atom is -0.456 e. The van der Waals surface area contributed by atoms with Crippen LogP contribution in [0, 0.1) is 0 Å². The van der Waals surface area contributed by atoms with Crippen LogP contribution in [0.15, 0.2) is 217 Å². The molecule has 0 amide bonds. The second kappa shape index (κ2) is 16.5. The van der Waals surface area contributed by atoms with Gasteiger partial charge in [-0.05, 0) is 108 Å². The molecule has 0 radical (unpaired) electrons. The maximum Gasteiger partial charge on any atom is 0.227 e. The van der Waals surface area contributed by atoms with Gasteiger partial charge in [-0.1, -0.05) is 122 Å². The zero-order valence-corrected chi connectivity index (χ0v) is 40.0. The monoisotopic (exact) mass is 953 g/mol. The fourth-order valence-corrected chi connectivity index (χ4v) is 13.5. The van der Waals surface area contributed by atoms with Gasteiger partial charge >= 0.3 is 0 Å². The molecule has 0 N–H and O–H groups in total. The smallest absolute Gasteiger partial charge is 0.227 e. The van der Waals surface area contributed by atoms with Crippen LogP contribution in [0.3, 0.4) is 0 Å². The van der Waals surface area contributed by atoms with Gasteiger partial charge in [-0.2, -0.15) is 0 Å². The number of hydrogen-bond acceptors (Lipinski definition) is 8. The molecule has 332 valence electrons. The molecule has 1 aliphatic heterocycles. The van der Waals surface area contributed by atoms with E-state index in [1.165, 1.54) is 51.5 Å². The summed E-state index contributed by atoms with van der Waals surface area (Å²) in [6, 6.07) is 71.3. The maximum atomic E-state index is 6.43. The SMILES string of the molecule is C=C1C=C(c2ccc(C(Cc3nc4cccc(N(c5ccc(-c6nc7ccccc7o6)cc5)c5ccc6c(c5)sc5ccccc56)c4s3)c3ccc4c(c3)sc3ccccc34)cc2)Oc2ccccc21. The van der Waals surface area contributed by atoms with Crippen LogP contribution in [0.5, 0.6) is 5.75 Å². The van der Waals surface area contributed by atoms with E-state index >= 15 is 0 Å². The van der Waals surface area contributed by atoms with Gasteiger partial charge in [0, 0.05) is 80.7 Å². The third-order valence-corrected chi connectivity index (χ3v) is 16.9. The van der Waals surface area contributed by atoms with Crippen LogP contribution in [0.1, 0.15) is 33.2 Å². The molecule has 1 aliphatic rings. The molecule has 4 aromatic heterocycles. The highest BCUT2D eigenvalue weighted by Gasteiger charge is 2.24. The van der Waals surface area contributed by atoms with Gasteiger partial charge in [0.05, 0.1) is 20.9 Å². The number of para-hydroxylation sites is 3. The molecule has 0 bridgehead atoms. The number of oxazole rings is 1. The number of rotatable bonds is 9. The van der Waals surface area contributed by atoms with Gasteiger partial charge in [0.1, 0.15) is 17.0 Å². The number of benzene rings is 9. The standard InChI is InChI=1S/C62H39N3O2S3/c1-37-33-55(66-53-17-6-2-11-44(37)53)39-23-21-38(22-24-39)49(41-27-31-47-45-12-3-8-19-56(45)68-58(47)34-41)36-60-63-51-15-10-16-52(61(51)70-60)65(43-30-32-48-46-13-4-9-20-57(46)69-59(48)35-43)42-28-25-40(26-29-42)62-64-50-14-5-7-18-54(50)67-62/h2-35,49H,1,36H2. The van der Waals surface area contributed by atoms with Crippen molar-refractivity contribution in [3.63, 3.8) is 0 Å². The molecule has 1 unspecified atom stereocenters. The van der Waals surface area contributed by atoms with Crippen LogP contribution < -0.4 is 9.64 Å². The fraction of sp³-hybridized carbons (Fsp3) is 0.0323. The number of thiazole rings is 1. The third kappa shape index (κ3) is 7.02. The van der Waals surface area contributed by atoms with Crippen molar-refractivity contribution in [3.05, 3.63) is 240 Å². The first kappa shape index (κ1) is 40.9. The first-order valence-electron chi connectivity index (χ1n) is 23.3. The van der Waals surface area contributed by atoms with Gasteiger partial charge in [-0.15, -0.1) is 34.0 Å². The van der Waals surface area contributed by atoms with Crippen molar-refractivity contribution >= 4 is 124 Å². The largest absolute Gasteiger partial charge is 0.456 e. The van der Waals surface area contributed by atoms with Crippen molar-refractivity contribution in [2.45, 2.75) is 12.3 Å². The Labute approximate surface area is 415 Å². The van der Waals surface area contributed by atoms with Crippen LogP contribution in [0.25, 0.3) is 84.4 Å². The average Bonchev–Trinajstić information content (AvgIpc) is 4.21. The Bertz CT molecular complexity index is 4200. The average molecular weight is 954 g/mol. The summed E-state index contributed by atoms with van der Waals surface area (Å²) in [4.78, 5) is 12.6. The van der Waals surface area contributed by atoms with Crippen LogP contribution in [0.2, 0.25) is 0 Å². The quantitative estimate of drug-likeness (QED) is 0.144. The Hall–Kier alpha value is -8.14. The summed E-state index contributed by atoms with van der Waals surface area (Å²) < 4.78 is 18.9. The molecule has 8 heteroatoms.